The van der Waals surface area contributed by atoms with Gasteiger partial charge in [0.05, 0.1) is 11.7 Å². The zero-order valence-corrected chi connectivity index (χ0v) is 15.3. The lowest BCUT2D eigenvalue weighted by molar-refractivity contribution is -0.144. The third-order valence-electron chi connectivity index (χ3n) is 4.80. The van der Waals surface area contributed by atoms with Gasteiger partial charge in [-0.1, -0.05) is 25.1 Å². The minimum Gasteiger partial charge on any atom is -0.441 e. The fourth-order valence-corrected chi connectivity index (χ4v) is 4.75. The number of carbonyl (C=O) groups is 2. The standard InChI is InChI=1S/C17H21FN2O5S/c1-10-15(17(22)25-16(10)19-11(2)21)12-5-3-4-6-13(12)20-7-8-26(23,24)9-14(20)18/h3-6,10,14-16H,7-9H2,1-2H3,(H,19,21)/t10?,14?,15?,16-/m1/s1. The molecule has 3 unspecified atom stereocenters. The second kappa shape index (κ2) is 6.86. The number of esters is 1. The fraction of sp³-hybridized carbons (Fsp3) is 0.529. The Hall–Kier alpha value is -2.16. The van der Waals surface area contributed by atoms with E-state index in [-0.39, 0.29) is 24.1 Å². The molecule has 1 amide bonds. The van der Waals surface area contributed by atoms with E-state index in [1.807, 2.05) is 0 Å². The van der Waals surface area contributed by atoms with Crippen LogP contribution in [0.4, 0.5) is 10.1 Å². The Kier molecular flexibility index (Phi) is 4.92. The Morgan fingerprint density at radius 1 is 1.35 bits per heavy atom. The highest BCUT2D eigenvalue weighted by atomic mass is 32.2. The van der Waals surface area contributed by atoms with Crippen LogP contribution in [0.5, 0.6) is 0 Å². The van der Waals surface area contributed by atoms with Crippen molar-refractivity contribution in [3.8, 4) is 0 Å². The first-order valence-electron chi connectivity index (χ1n) is 8.37. The average molecular weight is 384 g/mol. The number of para-hydroxylation sites is 1. The molecule has 0 aliphatic carbocycles. The number of ether oxygens (including phenoxy) is 1. The number of amides is 1. The largest absolute Gasteiger partial charge is 0.441 e. The molecular weight excluding hydrogens is 363 g/mol. The van der Waals surface area contributed by atoms with Gasteiger partial charge in [0.15, 0.2) is 22.4 Å². The molecule has 2 aliphatic rings. The number of halogens is 1. The molecule has 0 radical (unpaired) electrons. The van der Waals surface area contributed by atoms with Crippen LogP contribution in [0.25, 0.3) is 0 Å². The molecule has 2 heterocycles. The van der Waals surface area contributed by atoms with E-state index < -0.39 is 40.0 Å². The smallest absolute Gasteiger partial charge is 0.315 e. The van der Waals surface area contributed by atoms with Crippen LogP contribution in [0.2, 0.25) is 0 Å². The van der Waals surface area contributed by atoms with Crippen LogP contribution in [0.15, 0.2) is 24.3 Å². The second-order valence-corrected chi connectivity index (χ2v) is 8.92. The molecule has 4 atom stereocenters. The SMILES string of the molecule is CC(=O)N[C@@H]1OC(=O)C(c2ccccc2N2CCS(=O)(=O)CC2F)C1C. The second-order valence-electron chi connectivity index (χ2n) is 6.70. The van der Waals surface area contributed by atoms with Crippen LogP contribution in [0, 0.1) is 5.92 Å². The van der Waals surface area contributed by atoms with Gasteiger partial charge >= 0.3 is 5.97 Å². The first-order chi connectivity index (χ1) is 12.2. The quantitative estimate of drug-likeness (QED) is 0.616. The minimum absolute atomic E-state index is 0.0196. The normalized spacial score (nSPS) is 30.7. The van der Waals surface area contributed by atoms with Crippen molar-refractivity contribution in [1.29, 1.82) is 0 Å². The van der Waals surface area contributed by atoms with Crippen LogP contribution >= 0.6 is 0 Å². The van der Waals surface area contributed by atoms with Gasteiger partial charge in [0.2, 0.25) is 5.91 Å². The molecule has 2 aliphatic heterocycles. The van der Waals surface area contributed by atoms with Crippen molar-refractivity contribution < 1.29 is 27.1 Å². The van der Waals surface area contributed by atoms with Crippen LogP contribution in [0.3, 0.4) is 0 Å². The molecule has 142 valence electrons. The van der Waals surface area contributed by atoms with E-state index in [0.717, 1.165) is 0 Å². The number of anilines is 1. The molecule has 0 bridgehead atoms. The van der Waals surface area contributed by atoms with E-state index in [0.29, 0.717) is 11.3 Å². The Morgan fingerprint density at radius 2 is 2.04 bits per heavy atom. The number of hydrogen-bond acceptors (Lipinski definition) is 6. The predicted octanol–water partition coefficient (Wildman–Crippen LogP) is 0.956. The van der Waals surface area contributed by atoms with Crippen molar-refractivity contribution in [2.45, 2.75) is 32.3 Å². The van der Waals surface area contributed by atoms with Gasteiger partial charge < -0.3 is 15.0 Å². The molecule has 3 rings (SSSR count). The maximum atomic E-state index is 14.5. The third kappa shape index (κ3) is 3.53. The number of alkyl halides is 1. The Labute approximate surface area is 151 Å². The van der Waals surface area contributed by atoms with Crippen molar-refractivity contribution in [3.05, 3.63) is 29.8 Å². The molecule has 7 nitrogen and oxygen atoms in total. The summed E-state index contributed by atoms with van der Waals surface area (Å²) in [6, 6.07) is 6.83. The summed E-state index contributed by atoms with van der Waals surface area (Å²) in [5.74, 6) is -2.54. The summed E-state index contributed by atoms with van der Waals surface area (Å²) in [6.07, 6.45) is -2.42. The van der Waals surface area contributed by atoms with E-state index in [2.05, 4.69) is 5.32 Å². The number of hydrogen-bond donors (Lipinski definition) is 1. The number of carbonyl (C=O) groups excluding carboxylic acids is 2. The zero-order chi connectivity index (χ0) is 19.1. The molecule has 0 aromatic heterocycles. The van der Waals surface area contributed by atoms with Crippen LogP contribution in [-0.2, 0) is 24.2 Å². The molecule has 9 heteroatoms. The van der Waals surface area contributed by atoms with Gasteiger partial charge in [0, 0.05) is 25.1 Å². The highest BCUT2D eigenvalue weighted by Gasteiger charge is 2.45. The molecule has 1 aromatic carbocycles. The highest BCUT2D eigenvalue weighted by molar-refractivity contribution is 7.91. The lowest BCUT2D eigenvalue weighted by atomic mass is 9.87. The molecule has 26 heavy (non-hydrogen) atoms. The number of nitrogens with zero attached hydrogens (tertiary/aromatic N) is 1. The lowest BCUT2D eigenvalue weighted by Gasteiger charge is -2.34. The van der Waals surface area contributed by atoms with Gasteiger partial charge in [-0.15, -0.1) is 0 Å². The molecule has 0 saturated carbocycles. The summed E-state index contributed by atoms with van der Waals surface area (Å²) >= 11 is 0. The average Bonchev–Trinajstić information content (AvgIpc) is 2.80. The minimum atomic E-state index is -3.40. The van der Waals surface area contributed by atoms with Crippen molar-refractivity contribution >= 4 is 27.4 Å². The summed E-state index contributed by atoms with van der Waals surface area (Å²) in [5, 5.41) is 2.59. The number of rotatable bonds is 3. The topological polar surface area (TPSA) is 92.8 Å². The predicted molar refractivity (Wildman–Crippen MR) is 92.9 cm³/mol. The molecule has 1 aromatic rings. The Balaban J connectivity index is 1.93. The summed E-state index contributed by atoms with van der Waals surface area (Å²) in [4.78, 5) is 25.1. The number of sulfone groups is 1. The van der Waals surface area contributed by atoms with Gasteiger partial charge in [-0.2, -0.15) is 0 Å². The van der Waals surface area contributed by atoms with Gasteiger partial charge in [-0.05, 0) is 11.6 Å². The molecular formula is C17H21FN2O5S. The van der Waals surface area contributed by atoms with Crippen LogP contribution in [-0.4, -0.2) is 50.9 Å². The van der Waals surface area contributed by atoms with Crippen LogP contribution in [0.1, 0.15) is 25.3 Å². The van der Waals surface area contributed by atoms with Crippen molar-refractivity contribution in [3.63, 3.8) is 0 Å². The first-order valence-corrected chi connectivity index (χ1v) is 10.2. The van der Waals surface area contributed by atoms with Gasteiger partial charge in [-0.25, -0.2) is 12.8 Å². The van der Waals surface area contributed by atoms with Gasteiger partial charge in [0.25, 0.3) is 0 Å². The van der Waals surface area contributed by atoms with E-state index in [1.54, 1.807) is 31.2 Å². The lowest BCUT2D eigenvalue weighted by Crippen LogP contribution is -2.46. The number of benzene rings is 1. The third-order valence-corrected chi connectivity index (χ3v) is 6.39. The maximum Gasteiger partial charge on any atom is 0.315 e. The van der Waals surface area contributed by atoms with Crippen molar-refractivity contribution in [1.82, 2.24) is 5.32 Å². The summed E-state index contributed by atoms with van der Waals surface area (Å²) in [5.41, 5.74) is 1.05. The van der Waals surface area contributed by atoms with Crippen molar-refractivity contribution in [2.75, 3.05) is 23.0 Å². The van der Waals surface area contributed by atoms with Gasteiger partial charge in [0.1, 0.15) is 5.75 Å². The zero-order valence-electron chi connectivity index (χ0n) is 14.5. The van der Waals surface area contributed by atoms with E-state index in [9.17, 15) is 22.4 Å². The molecule has 1 N–H and O–H groups in total. The molecule has 2 fully saturated rings. The highest BCUT2D eigenvalue weighted by Crippen LogP contribution is 2.40. The van der Waals surface area contributed by atoms with E-state index in [1.165, 1.54) is 11.8 Å². The van der Waals surface area contributed by atoms with Gasteiger partial charge in [-0.3, -0.25) is 9.59 Å². The summed E-state index contributed by atoms with van der Waals surface area (Å²) in [7, 11) is -3.40. The number of cyclic esters (lactones) is 1. The van der Waals surface area contributed by atoms with Crippen molar-refractivity contribution in [2.24, 2.45) is 5.92 Å². The Morgan fingerprint density at radius 3 is 2.69 bits per heavy atom. The van der Waals surface area contributed by atoms with Crippen LogP contribution < -0.4 is 10.2 Å². The first kappa shape index (κ1) is 18.6. The van der Waals surface area contributed by atoms with E-state index in [4.69, 9.17) is 4.74 Å². The summed E-state index contributed by atoms with van der Waals surface area (Å²) < 4.78 is 43.1. The number of nitrogens with one attached hydrogen (secondary N) is 1. The molecule has 2 saturated heterocycles. The fourth-order valence-electron chi connectivity index (χ4n) is 3.51. The summed E-state index contributed by atoms with van der Waals surface area (Å²) in [6.45, 7) is 3.13. The maximum absolute atomic E-state index is 14.5. The van der Waals surface area contributed by atoms with E-state index >= 15 is 0 Å². The monoisotopic (exact) mass is 384 g/mol. The molecule has 0 spiro atoms. The Bertz CT molecular complexity index is 828.